The zero-order chi connectivity index (χ0) is 10.6. The minimum absolute atomic E-state index is 0.0873. The number of hydrogen-bond donors (Lipinski definition) is 3. The first-order valence-corrected chi connectivity index (χ1v) is 4.17. The van der Waals surface area contributed by atoms with Crippen molar-refractivity contribution < 1.29 is 15.0 Å². The van der Waals surface area contributed by atoms with E-state index in [-0.39, 0.29) is 17.8 Å². The Hall–Kier alpha value is -1.30. The van der Waals surface area contributed by atoms with E-state index in [9.17, 15) is 15.0 Å². The van der Waals surface area contributed by atoms with Crippen molar-refractivity contribution in [3.63, 3.8) is 0 Å². The summed E-state index contributed by atoms with van der Waals surface area (Å²) in [7, 11) is 0. The maximum absolute atomic E-state index is 10.6. The van der Waals surface area contributed by atoms with Gasteiger partial charge in [-0.2, -0.15) is 0 Å². The van der Waals surface area contributed by atoms with Gasteiger partial charge in [0, 0.05) is 18.3 Å². The maximum Gasteiger partial charge on any atom is 0.151 e. The molecule has 0 aromatic carbocycles. The van der Waals surface area contributed by atoms with Gasteiger partial charge in [0.1, 0.15) is 6.10 Å². The number of aliphatic hydroxyl groups excluding tert-OH is 2. The lowest BCUT2D eigenvalue weighted by molar-refractivity contribution is 0.0213. The van der Waals surface area contributed by atoms with Crippen LogP contribution in [0.25, 0.3) is 0 Å². The second-order valence-corrected chi connectivity index (χ2v) is 2.84. The van der Waals surface area contributed by atoms with Gasteiger partial charge in [0.05, 0.1) is 11.8 Å². The third-order valence-corrected chi connectivity index (χ3v) is 1.88. The number of pyridine rings is 1. The molecule has 2 atom stereocenters. The molecule has 0 saturated heterocycles. The molecule has 5 heteroatoms. The molecule has 0 aliphatic rings. The molecule has 0 fully saturated rings. The topological polar surface area (TPSA) is 96.4 Å². The molecule has 0 spiro atoms. The van der Waals surface area contributed by atoms with Crippen LogP contribution >= 0.6 is 0 Å². The fourth-order valence-electron chi connectivity index (χ4n) is 1.09. The second-order valence-electron chi connectivity index (χ2n) is 2.84. The molecule has 14 heavy (non-hydrogen) atoms. The highest BCUT2D eigenvalue weighted by Crippen LogP contribution is 2.16. The van der Waals surface area contributed by atoms with Crippen LogP contribution in [-0.4, -0.2) is 34.1 Å². The lowest BCUT2D eigenvalue weighted by atomic mass is 10.1. The molecule has 0 radical (unpaired) electrons. The maximum atomic E-state index is 10.6. The number of nitrogens with two attached hydrogens (primary N) is 1. The van der Waals surface area contributed by atoms with E-state index in [0.717, 1.165) is 0 Å². The molecule has 1 aromatic heterocycles. The highest BCUT2D eigenvalue weighted by molar-refractivity contribution is 5.76. The van der Waals surface area contributed by atoms with Crippen LogP contribution in [0, 0.1) is 0 Å². The molecule has 0 amide bonds. The average molecular weight is 196 g/mol. The van der Waals surface area contributed by atoms with Crippen molar-refractivity contribution in [2.45, 2.75) is 12.2 Å². The Kier molecular flexibility index (Phi) is 3.70. The summed E-state index contributed by atoms with van der Waals surface area (Å²) in [6, 6.07) is 3.09. The highest BCUT2D eigenvalue weighted by Gasteiger charge is 2.20. The largest absolute Gasteiger partial charge is 0.389 e. The van der Waals surface area contributed by atoms with Crippen molar-refractivity contribution >= 4 is 6.29 Å². The third kappa shape index (κ3) is 2.14. The molecule has 1 rings (SSSR count). The quantitative estimate of drug-likeness (QED) is 0.550. The Morgan fingerprint density at radius 3 is 2.86 bits per heavy atom. The van der Waals surface area contributed by atoms with E-state index >= 15 is 0 Å². The van der Waals surface area contributed by atoms with Crippen molar-refractivity contribution in [1.29, 1.82) is 0 Å². The molecule has 0 aliphatic carbocycles. The molecule has 0 bridgehead atoms. The van der Waals surface area contributed by atoms with E-state index < -0.39 is 12.2 Å². The first-order chi connectivity index (χ1) is 6.70. The summed E-state index contributed by atoms with van der Waals surface area (Å²) in [6.07, 6.45) is -0.311. The van der Waals surface area contributed by atoms with Crippen LogP contribution in [0.4, 0.5) is 0 Å². The summed E-state index contributed by atoms with van der Waals surface area (Å²) in [4.78, 5) is 14.4. The predicted molar refractivity (Wildman–Crippen MR) is 49.6 cm³/mol. The normalized spacial score (nSPS) is 14.8. The van der Waals surface area contributed by atoms with Crippen LogP contribution in [0.3, 0.4) is 0 Å². The standard InChI is InChI=1S/C9H12N2O3/c10-4-7(13)9(14)8-6(5-12)2-1-3-11-8/h1-3,5,7,9,13-14H,4,10H2. The van der Waals surface area contributed by atoms with Crippen LogP contribution < -0.4 is 5.73 Å². The van der Waals surface area contributed by atoms with Crippen LogP contribution in [0.5, 0.6) is 0 Å². The SMILES string of the molecule is NCC(O)C(O)c1ncccc1C=O. The molecule has 5 nitrogen and oxygen atoms in total. The zero-order valence-corrected chi connectivity index (χ0v) is 7.50. The van der Waals surface area contributed by atoms with Gasteiger partial charge in [-0.15, -0.1) is 0 Å². The minimum Gasteiger partial charge on any atom is -0.389 e. The van der Waals surface area contributed by atoms with Gasteiger partial charge in [-0.25, -0.2) is 0 Å². The van der Waals surface area contributed by atoms with Crippen LogP contribution in [0.1, 0.15) is 22.2 Å². The Morgan fingerprint density at radius 1 is 1.57 bits per heavy atom. The Labute approximate surface area is 81.2 Å². The van der Waals surface area contributed by atoms with Gasteiger partial charge >= 0.3 is 0 Å². The van der Waals surface area contributed by atoms with Crippen molar-refractivity contribution in [3.05, 3.63) is 29.6 Å². The second kappa shape index (κ2) is 4.80. The average Bonchev–Trinajstić information content (AvgIpc) is 2.26. The summed E-state index contributed by atoms with van der Waals surface area (Å²) in [5, 5.41) is 18.8. The Bertz CT molecular complexity index is 317. The number of nitrogens with zero attached hydrogens (tertiary/aromatic N) is 1. The number of aldehydes is 1. The summed E-state index contributed by atoms with van der Waals surface area (Å²) in [5.41, 5.74) is 5.59. The van der Waals surface area contributed by atoms with E-state index in [1.807, 2.05) is 0 Å². The van der Waals surface area contributed by atoms with Crippen LogP contribution in [0.15, 0.2) is 18.3 Å². The third-order valence-electron chi connectivity index (χ3n) is 1.88. The van der Waals surface area contributed by atoms with Crippen molar-refractivity contribution in [2.24, 2.45) is 5.73 Å². The smallest absolute Gasteiger partial charge is 0.151 e. The molecule has 4 N–H and O–H groups in total. The molecule has 2 unspecified atom stereocenters. The summed E-state index contributed by atoms with van der Waals surface area (Å²) in [6.45, 7) is -0.0873. The number of aliphatic hydroxyl groups is 2. The minimum atomic E-state index is -1.22. The number of hydrogen-bond acceptors (Lipinski definition) is 5. The number of carbonyl (C=O) groups is 1. The lowest BCUT2D eigenvalue weighted by Gasteiger charge is -2.16. The first kappa shape index (κ1) is 10.8. The highest BCUT2D eigenvalue weighted by atomic mass is 16.3. The van der Waals surface area contributed by atoms with Gasteiger partial charge in [0.2, 0.25) is 0 Å². The number of rotatable bonds is 4. The van der Waals surface area contributed by atoms with E-state index in [1.54, 1.807) is 6.07 Å². The van der Waals surface area contributed by atoms with Gasteiger partial charge in [-0.05, 0) is 12.1 Å². The predicted octanol–water partition coefficient (Wildman–Crippen LogP) is -0.753. The molecule has 76 valence electrons. The van der Waals surface area contributed by atoms with Crippen molar-refractivity contribution in [3.8, 4) is 0 Å². The fourth-order valence-corrected chi connectivity index (χ4v) is 1.09. The van der Waals surface area contributed by atoms with Gasteiger partial charge in [0.25, 0.3) is 0 Å². The van der Waals surface area contributed by atoms with E-state index in [2.05, 4.69) is 4.98 Å². The van der Waals surface area contributed by atoms with E-state index in [1.165, 1.54) is 12.3 Å². The summed E-state index contributed by atoms with van der Waals surface area (Å²) < 4.78 is 0. The monoisotopic (exact) mass is 196 g/mol. The van der Waals surface area contributed by atoms with Crippen molar-refractivity contribution in [1.82, 2.24) is 4.98 Å². The van der Waals surface area contributed by atoms with Gasteiger partial charge < -0.3 is 15.9 Å². The molecule has 1 heterocycles. The summed E-state index contributed by atoms with van der Waals surface area (Å²) >= 11 is 0. The Morgan fingerprint density at radius 2 is 2.29 bits per heavy atom. The molecule has 1 aromatic rings. The van der Waals surface area contributed by atoms with Crippen molar-refractivity contribution in [2.75, 3.05) is 6.54 Å². The first-order valence-electron chi connectivity index (χ1n) is 4.17. The summed E-state index contributed by atoms with van der Waals surface area (Å²) in [5.74, 6) is 0. The number of aromatic nitrogens is 1. The fraction of sp³-hybridized carbons (Fsp3) is 0.333. The molecular formula is C9H12N2O3. The van der Waals surface area contributed by atoms with E-state index in [0.29, 0.717) is 6.29 Å². The van der Waals surface area contributed by atoms with E-state index in [4.69, 9.17) is 5.73 Å². The van der Waals surface area contributed by atoms with Gasteiger partial charge in [0.15, 0.2) is 6.29 Å². The van der Waals surface area contributed by atoms with Gasteiger partial charge in [-0.1, -0.05) is 0 Å². The lowest BCUT2D eigenvalue weighted by Crippen LogP contribution is -2.28. The molecule has 0 aliphatic heterocycles. The molecular weight excluding hydrogens is 184 g/mol. The van der Waals surface area contributed by atoms with Crippen LogP contribution in [-0.2, 0) is 0 Å². The Balaban J connectivity index is 2.99. The van der Waals surface area contributed by atoms with Gasteiger partial charge in [-0.3, -0.25) is 9.78 Å². The molecule has 0 saturated carbocycles. The number of carbonyl (C=O) groups excluding carboxylic acids is 1. The van der Waals surface area contributed by atoms with Crippen LogP contribution in [0.2, 0.25) is 0 Å². The zero-order valence-electron chi connectivity index (χ0n) is 7.50.